The molecule has 0 amide bonds. The molecule has 1 aromatic heterocycles. The van der Waals surface area contributed by atoms with Crippen molar-refractivity contribution in [3.8, 4) is 0 Å². The van der Waals surface area contributed by atoms with Gasteiger partial charge in [-0.2, -0.15) is 0 Å². The van der Waals surface area contributed by atoms with Crippen LogP contribution in [0.3, 0.4) is 0 Å². The summed E-state index contributed by atoms with van der Waals surface area (Å²) in [7, 11) is 0. The molecule has 0 aliphatic heterocycles. The average Bonchev–Trinajstić information content (AvgIpc) is 2.15. The molecule has 0 aliphatic rings. The second kappa shape index (κ2) is 2.83. The van der Waals surface area contributed by atoms with Gasteiger partial charge in [0.25, 0.3) is 0 Å². The van der Waals surface area contributed by atoms with E-state index >= 15 is 0 Å². The molecule has 0 radical (unpaired) electrons. The predicted octanol–water partition coefficient (Wildman–Crippen LogP) is 1.10. The van der Waals surface area contributed by atoms with E-state index in [-0.39, 0.29) is 0 Å². The summed E-state index contributed by atoms with van der Waals surface area (Å²) in [6, 6.07) is 3.52. The predicted molar refractivity (Wildman–Crippen MR) is 52.6 cm³/mol. The van der Waals surface area contributed by atoms with E-state index in [9.17, 15) is 9.59 Å². The lowest BCUT2D eigenvalue weighted by molar-refractivity contribution is 0.546. The molecule has 0 atom stereocenters. The van der Waals surface area contributed by atoms with E-state index in [2.05, 4.69) is 4.98 Å². The zero-order valence-corrected chi connectivity index (χ0v) is 7.88. The van der Waals surface area contributed by atoms with E-state index in [1.807, 2.05) is 19.9 Å². The van der Waals surface area contributed by atoms with E-state index in [1.165, 1.54) is 0 Å². The topological polar surface area (TPSA) is 63.1 Å². The second-order valence-corrected chi connectivity index (χ2v) is 3.22. The molecule has 2 rings (SSSR count). The Morgan fingerprint density at radius 2 is 1.93 bits per heavy atom. The summed E-state index contributed by atoms with van der Waals surface area (Å²) in [6.07, 6.45) is 0. The van der Waals surface area contributed by atoms with Gasteiger partial charge in [0.15, 0.2) is 5.58 Å². The number of nitrogens with one attached hydrogen (secondary N) is 1. The second-order valence-electron chi connectivity index (χ2n) is 3.22. The first kappa shape index (κ1) is 8.74. The van der Waals surface area contributed by atoms with Gasteiger partial charge in [-0.1, -0.05) is 6.07 Å². The molecule has 0 aliphatic carbocycles. The number of fused-ring (bicyclic) bond motifs is 1. The molecular formula is C10H9NO3. The number of H-pyrrole nitrogens is 1. The highest BCUT2D eigenvalue weighted by Gasteiger charge is 2.05. The number of aromatic nitrogens is 1. The molecule has 0 unspecified atom stereocenters. The van der Waals surface area contributed by atoms with Crippen LogP contribution in [0.5, 0.6) is 0 Å². The van der Waals surface area contributed by atoms with Gasteiger partial charge in [-0.15, -0.1) is 0 Å². The normalized spacial score (nSPS) is 10.7. The maximum atomic E-state index is 11.0. The molecule has 1 aromatic carbocycles. The van der Waals surface area contributed by atoms with Crippen molar-refractivity contribution in [2.45, 2.75) is 13.8 Å². The summed E-state index contributed by atoms with van der Waals surface area (Å²) in [4.78, 5) is 24.5. The Labute approximate surface area is 79.2 Å². The van der Waals surface area contributed by atoms with Crippen LogP contribution in [0.4, 0.5) is 0 Å². The first-order chi connectivity index (χ1) is 6.59. The number of hydrogen-bond donors (Lipinski definition) is 1. The third kappa shape index (κ3) is 1.16. The fourth-order valence-electron chi connectivity index (χ4n) is 1.34. The lowest BCUT2D eigenvalue weighted by Gasteiger charge is -2.02. The number of aromatic amines is 1. The molecule has 2 aromatic rings. The lowest BCUT2D eigenvalue weighted by atomic mass is 10.1. The Bertz CT molecular complexity index is 607. The van der Waals surface area contributed by atoms with Crippen molar-refractivity contribution in [1.29, 1.82) is 0 Å². The van der Waals surface area contributed by atoms with Gasteiger partial charge in [0.1, 0.15) is 0 Å². The fourth-order valence-corrected chi connectivity index (χ4v) is 1.34. The van der Waals surface area contributed by atoms with Crippen molar-refractivity contribution in [3.05, 3.63) is 44.0 Å². The summed E-state index contributed by atoms with van der Waals surface area (Å²) in [5.74, 6) is 0. The van der Waals surface area contributed by atoms with Crippen LogP contribution in [0.1, 0.15) is 11.1 Å². The molecule has 72 valence electrons. The third-order valence-corrected chi connectivity index (χ3v) is 2.32. The standard InChI is InChI=1S/C10H9NO3/c1-5-3-4-7-8(6(5)2)11-9(12)10(13)14-7/h3-4H,1-2H3,(H,11,12). The Morgan fingerprint density at radius 3 is 2.64 bits per heavy atom. The van der Waals surface area contributed by atoms with Gasteiger partial charge in [-0.25, -0.2) is 4.79 Å². The quantitative estimate of drug-likeness (QED) is 0.634. The Hall–Kier alpha value is -1.84. The van der Waals surface area contributed by atoms with E-state index in [4.69, 9.17) is 4.42 Å². The van der Waals surface area contributed by atoms with Gasteiger partial charge >= 0.3 is 11.2 Å². The largest absolute Gasteiger partial charge is 0.417 e. The van der Waals surface area contributed by atoms with E-state index in [1.54, 1.807) is 6.07 Å². The van der Waals surface area contributed by atoms with Crippen molar-refractivity contribution in [1.82, 2.24) is 4.98 Å². The molecule has 0 saturated carbocycles. The molecule has 14 heavy (non-hydrogen) atoms. The molecule has 0 fully saturated rings. The van der Waals surface area contributed by atoms with Gasteiger partial charge in [-0.3, -0.25) is 4.79 Å². The molecule has 0 spiro atoms. The molecule has 4 nitrogen and oxygen atoms in total. The van der Waals surface area contributed by atoms with Crippen LogP contribution in [-0.4, -0.2) is 4.98 Å². The SMILES string of the molecule is Cc1ccc2oc(=O)c(=O)[nH]c2c1C. The van der Waals surface area contributed by atoms with Crippen LogP contribution in [0.15, 0.2) is 26.1 Å². The van der Waals surface area contributed by atoms with Crippen LogP contribution >= 0.6 is 0 Å². The van der Waals surface area contributed by atoms with Gasteiger partial charge in [0, 0.05) is 0 Å². The van der Waals surface area contributed by atoms with E-state index in [0.29, 0.717) is 11.1 Å². The first-order valence-electron chi connectivity index (χ1n) is 4.23. The molecule has 1 heterocycles. The average molecular weight is 191 g/mol. The summed E-state index contributed by atoms with van der Waals surface area (Å²) >= 11 is 0. The number of benzene rings is 1. The summed E-state index contributed by atoms with van der Waals surface area (Å²) < 4.78 is 4.83. The third-order valence-electron chi connectivity index (χ3n) is 2.32. The number of aryl methyl sites for hydroxylation is 2. The minimum atomic E-state index is -0.860. The monoisotopic (exact) mass is 191 g/mol. The Morgan fingerprint density at radius 1 is 1.21 bits per heavy atom. The molecule has 0 saturated heterocycles. The molecular weight excluding hydrogens is 182 g/mol. The van der Waals surface area contributed by atoms with Crippen LogP contribution in [0.25, 0.3) is 11.1 Å². The highest BCUT2D eigenvalue weighted by atomic mass is 16.4. The highest BCUT2D eigenvalue weighted by Crippen LogP contribution is 2.16. The fraction of sp³-hybridized carbons (Fsp3) is 0.200. The smallest absolute Gasteiger partial charge is 0.402 e. The maximum Gasteiger partial charge on any atom is 0.402 e. The van der Waals surface area contributed by atoms with Crippen molar-refractivity contribution < 1.29 is 4.42 Å². The van der Waals surface area contributed by atoms with Crippen LogP contribution in [0.2, 0.25) is 0 Å². The minimum absolute atomic E-state index is 0.415. The molecule has 4 heteroatoms. The summed E-state index contributed by atoms with van der Waals surface area (Å²) in [5.41, 5.74) is 1.39. The first-order valence-corrected chi connectivity index (χ1v) is 4.23. The molecule has 1 N–H and O–H groups in total. The van der Waals surface area contributed by atoms with E-state index in [0.717, 1.165) is 11.1 Å². The van der Waals surface area contributed by atoms with Gasteiger partial charge in [0.2, 0.25) is 0 Å². The van der Waals surface area contributed by atoms with E-state index < -0.39 is 11.2 Å². The van der Waals surface area contributed by atoms with Crippen LogP contribution < -0.4 is 11.2 Å². The lowest BCUT2D eigenvalue weighted by Crippen LogP contribution is -2.25. The summed E-state index contributed by atoms with van der Waals surface area (Å²) in [5, 5.41) is 0. The van der Waals surface area contributed by atoms with Crippen molar-refractivity contribution >= 4 is 11.1 Å². The highest BCUT2D eigenvalue weighted by molar-refractivity contribution is 5.76. The summed E-state index contributed by atoms with van der Waals surface area (Å²) in [6.45, 7) is 3.80. The number of rotatable bonds is 0. The van der Waals surface area contributed by atoms with Crippen molar-refractivity contribution in [2.24, 2.45) is 0 Å². The molecule has 0 bridgehead atoms. The van der Waals surface area contributed by atoms with Crippen molar-refractivity contribution in [3.63, 3.8) is 0 Å². The Balaban J connectivity index is 3.04. The zero-order valence-electron chi connectivity index (χ0n) is 7.88. The Kier molecular flexibility index (Phi) is 1.77. The number of hydrogen-bond acceptors (Lipinski definition) is 3. The van der Waals surface area contributed by atoms with Crippen LogP contribution in [-0.2, 0) is 0 Å². The zero-order chi connectivity index (χ0) is 10.3. The van der Waals surface area contributed by atoms with Gasteiger partial charge in [-0.05, 0) is 31.0 Å². The van der Waals surface area contributed by atoms with Crippen LogP contribution in [0, 0.1) is 13.8 Å². The van der Waals surface area contributed by atoms with Gasteiger partial charge in [0.05, 0.1) is 5.52 Å². The van der Waals surface area contributed by atoms with Crippen molar-refractivity contribution in [2.75, 3.05) is 0 Å². The minimum Gasteiger partial charge on any atom is -0.417 e. The van der Waals surface area contributed by atoms with Gasteiger partial charge < -0.3 is 9.40 Å². The maximum absolute atomic E-state index is 11.0.